The van der Waals surface area contributed by atoms with Gasteiger partial charge in [-0.2, -0.15) is 0 Å². The summed E-state index contributed by atoms with van der Waals surface area (Å²) in [7, 11) is 3.94. The summed E-state index contributed by atoms with van der Waals surface area (Å²) >= 11 is 1.56. The standard InChI is InChI=1S/C32H37N3O2S/c1-32(2,3)19-23-11-13-24(14-12-23)20-34(4)27-17-15-25(16-18-27)28-22-38-29(33-28)21-35(5)30(31(36)37)26-9-7-6-8-10-26/h6-18,22,30H,19-21H2,1-5H3,(H,36,37). The highest BCUT2D eigenvalue weighted by Crippen LogP contribution is 2.28. The molecule has 0 spiro atoms. The molecule has 38 heavy (non-hydrogen) atoms. The summed E-state index contributed by atoms with van der Waals surface area (Å²) in [5.74, 6) is -0.865. The number of anilines is 1. The van der Waals surface area contributed by atoms with E-state index in [9.17, 15) is 9.90 Å². The molecule has 0 saturated carbocycles. The molecule has 1 heterocycles. The molecule has 0 aliphatic carbocycles. The molecule has 6 heteroatoms. The number of carboxylic acid groups (broad SMARTS) is 1. The van der Waals surface area contributed by atoms with Crippen molar-refractivity contribution in [3.05, 3.63) is 106 Å². The molecule has 0 saturated heterocycles. The van der Waals surface area contributed by atoms with Crippen molar-refractivity contribution in [2.45, 2.75) is 46.3 Å². The van der Waals surface area contributed by atoms with Gasteiger partial charge < -0.3 is 10.0 Å². The van der Waals surface area contributed by atoms with Crippen molar-refractivity contribution in [1.29, 1.82) is 0 Å². The Bertz CT molecular complexity index is 1330. The third-order valence-electron chi connectivity index (χ3n) is 6.51. The third kappa shape index (κ3) is 7.30. The number of aliphatic carboxylic acids is 1. The quantitative estimate of drug-likeness (QED) is 0.235. The monoisotopic (exact) mass is 527 g/mol. The minimum atomic E-state index is -0.865. The molecule has 0 aliphatic rings. The average molecular weight is 528 g/mol. The first-order valence-electron chi connectivity index (χ1n) is 12.9. The van der Waals surface area contributed by atoms with Crippen molar-refractivity contribution >= 4 is 23.0 Å². The summed E-state index contributed by atoms with van der Waals surface area (Å²) < 4.78 is 0. The number of carboxylic acids is 1. The highest BCUT2D eigenvalue weighted by atomic mass is 32.1. The normalized spacial score (nSPS) is 12.5. The number of aromatic nitrogens is 1. The van der Waals surface area contributed by atoms with Crippen LogP contribution in [0.1, 0.15) is 48.5 Å². The molecule has 0 bridgehead atoms. The van der Waals surface area contributed by atoms with Gasteiger partial charge in [-0.1, -0.05) is 87.5 Å². The van der Waals surface area contributed by atoms with Crippen LogP contribution in [-0.2, 0) is 24.3 Å². The minimum Gasteiger partial charge on any atom is -0.480 e. The van der Waals surface area contributed by atoms with Gasteiger partial charge in [-0.25, -0.2) is 4.98 Å². The van der Waals surface area contributed by atoms with Crippen molar-refractivity contribution in [3.63, 3.8) is 0 Å². The minimum absolute atomic E-state index is 0.289. The number of rotatable bonds is 10. The van der Waals surface area contributed by atoms with Gasteiger partial charge in [0, 0.05) is 30.2 Å². The van der Waals surface area contributed by atoms with E-state index in [1.54, 1.807) is 11.3 Å². The average Bonchev–Trinajstić information content (AvgIpc) is 3.33. The molecule has 1 atom stereocenters. The van der Waals surface area contributed by atoms with Gasteiger partial charge in [0.25, 0.3) is 0 Å². The lowest BCUT2D eigenvalue weighted by atomic mass is 9.88. The van der Waals surface area contributed by atoms with E-state index in [1.807, 2.05) is 47.7 Å². The molecular weight excluding hydrogens is 490 g/mol. The van der Waals surface area contributed by atoms with Crippen LogP contribution in [-0.4, -0.2) is 35.1 Å². The number of thiazole rings is 1. The molecule has 3 aromatic carbocycles. The summed E-state index contributed by atoms with van der Waals surface area (Å²) in [5.41, 5.74) is 6.83. The number of likely N-dealkylation sites (N-methyl/N-ethyl adjacent to an activating group) is 1. The highest BCUT2D eigenvalue weighted by Gasteiger charge is 2.25. The highest BCUT2D eigenvalue weighted by molar-refractivity contribution is 7.09. The zero-order valence-electron chi connectivity index (χ0n) is 22.9. The Morgan fingerprint density at radius 3 is 2.13 bits per heavy atom. The molecule has 4 rings (SSSR count). The van der Waals surface area contributed by atoms with E-state index < -0.39 is 12.0 Å². The third-order valence-corrected chi connectivity index (χ3v) is 7.34. The maximum absolute atomic E-state index is 12.0. The van der Waals surface area contributed by atoms with Crippen LogP contribution in [0.2, 0.25) is 0 Å². The second-order valence-corrected chi connectivity index (χ2v) is 12.1. The fraction of sp³-hybridized carbons (Fsp3) is 0.312. The summed E-state index contributed by atoms with van der Waals surface area (Å²) in [4.78, 5) is 20.8. The zero-order valence-corrected chi connectivity index (χ0v) is 23.7. The fourth-order valence-corrected chi connectivity index (χ4v) is 5.53. The number of hydrogen-bond donors (Lipinski definition) is 1. The Balaban J connectivity index is 1.38. The van der Waals surface area contributed by atoms with Gasteiger partial charge in [-0.3, -0.25) is 9.69 Å². The van der Waals surface area contributed by atoms with Crippen molar-refractivity contribution in [2.24, 2.45) is 5.41 Å². The van der Waals surface area contributed by atoms with Crippen molar-refractivity contribution in [1.82, 2.24) is 9.88 Å². The molecule has 1 unspecified atom stereocenters. The largest absolute Gasteiger partial charge is 0.480 e. The van der Waals surface area contributed by atoms with E-state index in [2.05, 4.69) is 81.2 Å². The molecule has 0 radical (unpaired) electrons. The lowest BCUT2D eigenvalue weighted by molar-refractivity contribution is -0.143. The Kier molecular flexibility index (Phi) is 8.65. The molecular formula is C32H37N3O2S. The number of hydrogen-bond acceptors (Lipinski definition) is 5. The Labute approximate surface area is 230 Å². The summed E-state index contributed by atoms with van der Waals surface area (Å²) in [5, 5.41) is 12.7. The molecule has 1 aromatic heterocycles. The Hall–Kier alpha value is -3.48. The van der Waals surface area contributed by atoms with Crippen molar-refractivity contribution < 1.29 is 9.90 Å². The Morgan fingerprint density at radius 1 is 0.895 bits per heavy atom. The summed E-state index contributed by atoms with van der Waals surface area (Å²) in [6.07, 6.45) is 1.08. The summed E-state index contributed by atoms with van der Waals surface area (Å²) in [6.45, 7) is 8.11. The first-order valence-corrected chi connectivity index (χ1v) is 13.8. The zero-order chi connectivity index (χ0) is 27.3. The van der Waals surface area contributed by atoms with Gasteiger partial charge in [0.2, 0.25) is 0 Å². The molecule has 4 aromatic rings. The van der Waals surface area contributed by atoms with Crippen LogP contribution >= 0.6 is 11.3 Å². The number of carbonyl (C=O) groups is 1. The second kappa shape index (κ2) is 11.9. The number of benzene rings is 3. The summed E-state index contributed by atoms with van der Waals surface area (Å²) in [6, 6.07) is 26.0. The first kappa shape index (κ1) is 27.6. The maximum Gasteiger partial charge on any atom is 0.325 e. The van der Waals surface area contributed by atoms with Crippen molar-refractivity contribution in [2.75, 3.05) is 19.0 Å². The molecule has 0 fully saturated rings. The van der Waals surface area contributed by atoms with Crippen LogP contribution in [0.3, 0.4) is 0 Å². The van der Waals surface area contributed by atoms with Crippen LogP contribution in [0.25, 0.3) is 11.3 Å². The van der Waals surface area contributed by atoms with Gasteiger partial charge in [0.15, 0.2) is 0 Å². The van der Waals surface area contributed by atoms with Crippen molar-refractivity contribution in [3.8, 4) is 11.3 Å². The van der Waals surface area contributed by atoms with Crippen LogP contribution in [0.15, 0.2) is 84.2 Å². The van der Waals surface area contributed by atoms with E-state index in [-0.39, 0.29) is 5.41 Å². The predicted molar refractivity (Wildman–Crippen MR) is 158 cm³/mol. The molecule has 0 aliphatic heterocycles. The molecule has 1 N–H and O–H groups in total. The van der Waals surface area contributed by atoms with E-state index >= 15 is 0 Å². The lowest BCUT2D eigenvalue weighted by Gasteiger charge is -2.24. The van der Waals surface area contributed by atoms with Crippen LogP contribution in [0.5, 0.6) is 0 Å². The van der Waals surface area contributed by atoms with E-state index in [0.29, 0.717) is 6.54 Å². The maximum atomic E-state index is 12.0. The molecule has 0 amide bonds. The molecule has 5 nitrogen and oxygen atoms in total. The van der Waals surface area contributed by atoms with E-state index in [4.69, 9.17) is 4.98 Å². The SMILES string of the molecule is CN(Cc1ccc(CC(C)(C)C)cc1)c1ccc(-c2csc(CN(C)C(C(=O)O)c3ccccc3)n2)cc1. The van der Waals surface area contributed by atoms with Gasteiger partial charge in [-0.15, -0.1) is 11.3 Å². The van der Waals surface area contributed by atoms with Crippen LogP contribution in [0.4, 0.5) is 5.69 Å². The van der Waals surface area contributed by atoms with Crippen LogP contribution in [0, 0.1) is 5.41 Å². The smallest absolute Gasteiger partial charge is 0.325 e. The van der Waals surface area contributed by atoms with E-state index in [1.165, 1.54) is 11.1 Å². The van der Waals surface area contributed by atoms with Gasteiger partial charge >= 0.3 is 5.97 Å². The fourth-order valence-electron chi connectivity index (χ4n) is 4.67. The lowest BCUT2D eigenvalue weighted by Crippen LogP contribution is -2.30. The first-order chi connectivity index (χ1) is 18.1. The predicted octanol–water partition coefficient (Wildman–Crippen LogP) is 7.29. The molecule has 198 valence electrons. The topological polar surface area (TPSA) is 56.7 Å². The Morgan fingerprint density at radius 2 is 1.53 bits per heavy atom. The van der Waals surface area contributed by atoms with Gasteiger partial charge in [0.1, 0.15) is 11.0 Å². The van der Waals surface area contributed by atoms with Gasteiger partial charge in [0.05, 0.1) is 12.2 Å². The number of nitrogens with zero attached hydrogens (tertiary/aromatic N) is 3. The van der Waals surface area contributed by atoms with Gasteiger partial charge in [-0.05, 0) is 47.7 Å². The van der Waals surface area contributed by atoms with Crippen LogP contribution < -0.4 is 4.90 Å². The second-order valence-electron chi connectivity index (χ2n) is 11.1. The van der Waals surface area contributed by atoms with E-state index in [0.717, 1.165) is 40.5 Å².